The molecule has 16 heavy (non-hydrogen) atoms. The van der Waals surface area contributed by atoms with Gasteiger partial charge in [0.05, 0.1) is 13.2 Å². The third-order valence-electron chi connectivity index (χ3n) is 2.39. The Kier molecular flexibility index (Phi) is 5.90. The summed E-state index contributed by atoms with van der Waals surface area (Å²) in [5.41, 5.74) is 0. The molecule has 92 valence electrons. The first-order valence-corrected chi connectivity index (χ1v) is 6.18. The molecule has 1 heterocycles. The molecular formula is C12H22N2O2. The first-order chi connectivity index (χ1) is 7.81. The minimum Gasteiger partial charge on any atom is -0.480 e. The quantitative estimate of drug-likeness (QED) is 0.722. The van der Waals surface area contributed by atoms with Gasteiger partial charge in [-0.1, -0.05) is 19.8 Å². The molecule has 4 heteroatoms. The highest BCUT2D eigenvalue weighted by atomic mass is 16.5. The molecule has 0 amide bonds. The van der Waals surface area contributed by atoms with Gasteiger partial charge in [0.25, 0.3) is 0 Å². The predicted molar refractivity (Wildman–Crippen MR) is 66.3 cm³/mol. The maximum Gasteiger partial charge on any atom is 0.209 e. The Morgan fingerprint density at radius 2 is 1.94 bits per heavy atom. The standard InChI is InChI=1S/C12H22N2O2/c1-4-7-8-10-12(16-6-3)13-9-11(14-10)15-5-2/h10H,4-9H2,1-3H3/t10-/m1/s1. The molecule has 1 aliphatic heterocycles. The van der Waals surface area contributed by atoms with Crippen LogP contribution in [0.1, 0.15) is 40.0 Å². The second-order valence-corrected chi connectivity index (χ2v) is 3.70. The van der Waals surface area contributed by atoms with Crippen molar-refractivity contribution in [3.63, 3.8) is 0 Å². The molecule has 1 atom stereocenters. The summed E-state index contributed by atoms with van der Waals surface area (Å²) in [5.74, 6) is 1.52. The Morgan fingerprint density at radius 1 is 1.19 bits per heavy atom. The number of unbranched alkanes of at least 4 members (excludes halogenated alkanes) is 1. The third-order valence-corrected chi connectivity index (χ3v) is 2.39. The summed E-state index contributed by atoms with van der Waals surface area (Å²) in [4.78, 5) is 8.94. The van der Waals surface area contributed by atoms with Gasteiger partial charge in [-0.2, -0.15) is 0 Å². The second-order valence-electron chi connectivity index (χ2n) is 3.70. The van der Waals surface area contributed by atoms with Crippen LogP contribution >= 0.6 is 0 Å². The highest BCUT2D eigenvalue weighted by Gasteiger charge is 2.21. The van der Waals surface area contributed by atoms with Crippen LogP contribution in [0, 0.1) is 0 Å². The second kappa shape index (κ2) is 7.25. The van der Waals surface area contributed by atoms with Crippen LogP contribution in [-0.4, -0.2) is 37.6 Å². The maximum atomic E-state index is 5.51. The molecule has 1 rings (SSSR count). The van der Waals surface area contributed by atoms with Gasteiger partial charge in [-0.15, -0.1) is 0 Å². The van der Waals surface area contributed by atoms with Crippen LogP contribution in [-0.2, 0) is 9.47 Å². The van der Waals surface area contributed by atoms with E-state index in [9.17, 15) is 0 Å². The van der Waals surface area contributed by atoms with Gasteiger partial charge in [0.2, 0.25) is 11.8 Å². The number of ether oxygens (including phenoxy) is 2. The normalized spacial score (nSPS) is 20.1. The maximum absolute atomic E-state index is 5.51. The lowest BCUT2D eigenvalue weighted by atomic mass is 10.1. The molecular weight excluding hydrogens is 204 g/mol. The third kappa shape index (κ3) is 3.83. The van der Waals surface area contributed by atoms with Crippen LogP contribution in [0.25, 0.3) is 0 Å². The fourth-order valence-electron chi connectivity index (χ4n) is 1.65. The average molecular weight is 226 g/mol. The lowest BCUT2D eigenvalue weighted by molar-refractivity contribution is 0.291. The van der Waals surface area contributed by atoms with Crippen LogP contribution in [0.2, 0.25) is 0 Å². The summed E-state index contributed by atoms with van der Waals surface area (Å²) in [7, 11) is 0. The monoisotopic (exact) mass is 226 g/mol. The molecule has 0 fully saturated rings. The topological polar surface area (TPSA) is 43.2 Å². The minimum atomic E-state index is 0.0650. The number of nitrogens with zero attached hydrogens (tertiary/aromatic N) is 2. The zero-order valence-electron chi connectivity index (χ0n) is 10.5. The summed E-state index contributed by atoms with van der Waals surface area (Å²) in [5, 5.41) is 0. The molecule has 0 radical (unpaired) electrons. The van der Waals surface area contributed by atoms with Crippen molar-refractivity contribution in [2.45, 2.75) is 46.1 Å². The van der Waals surface area contributed by atoms with Crippen molar-refractivity contribution in [3.8, 4) is 0 Å². The van der Waals surface area contributed by atoms with E-state index in [1.807, 2.05) is 13.8 Å². The smallest absolute Gasteiger partial charge is 0.209 e. The lowest BCUT2D eigenvalue weighted by Crippen LogP contribution is -2.30. The zero-order valence-corrected chi connectivity index (χ0v) is 10.5. The zero-order chi connectivity index (χ0) is 11.8. The van der Waals surface area contributed by atoms with Crippen molar-refractivity contribution in [2.24, 2.45) is 9.98 Å². The van der Waals surface area contributed by atoms with E-state index in [0.717, 1.165) is 31.1 Å². The fourth-order valence-corrected chi connectivity index (χ4v) is 1.65. The largest absolute Gasteiger partial charge is 0.480 e. The van der Waals surface area contributed by atoms with Gasteiger partial charge < -0.3 is 9.47 Å². The molecule has 1 aliphatic rings. The number of rotatable bonds is 5. The molecule has 0 aromatic rings. The average Bonchev–Trinajstić information content (AvgIpc) is 2.30. The fraction of sp³-hybridized carbons (Fsp3) is 0.833. The van der Waals surface area contributed by atoms with E-state index in [2.05, 4.69) is 16.9 Å². The van der Waals surface area contributed by atoms with Crippen LogP contribution in [0.4, 0.5) is 0 Å². The van der Waals surface area contributed by atoms with E-state index < -0.39 is 0 Å². The highest BCUT2D eigenvalue weighted by Crippen LogP contribution is 2.12. The van der Waals surface area contributed by atoms with Crippen molar-refractivity contribution in [3.05, 3.63) is 0 Å². The molecule has 0 N–H and O–H groups in total. The van der Waals surface area contributed by atoms with Crippen LogP contribution in [0.3, 0.4) is 0 Å². The van der Waals surface area contributed by atoms with Gasteiger partial charge in [0.15, 0.2) is 0 Å². The first-order valence-electron chi connectivity index (χ1n) is 6.18. The van der Waals surface area contributed by atoms with Crippen molar-refractivity contribution < 1.29 is 9.47 Å². The molecule has 0 bridgehead atoms. The summed E-state index contributed by atoms with van der Waals surface area (Å²) < 4.78 is 10.9. The van der Waals surface area contributed by atoms with Gasteiger partial charge in [-0.05, 0) is 20.3 Å². The molecule has 0 saturated carbocycles. The Bertz CT molecular complexity index is 262. The summed E-state index contributed by atoms with van der Waals surface area (Å²) in [6.45, 7) is 7.94. The molecule has 0 aliphatic carbocycles. The Balaban J connectivity index is 2.59. The van der Waals surface area contributed by atoms with Gasteiger partial charge >= 0.3 is 0 Å². The van der Waals surface area contributed by atoms with Gasteiger partial charge in [-0.3, -0.25) is 0 Å². The summed E-state index contributed by atoms with van der Waals surface area (Å²) >= 11 is 0. The van der Waals surface area contributed by atoms with E-state index >= 15 is 0 Å². The molecule has 0 unspecified atom stereocenters. The van der Waals surface area contributed by atoms with E-state index in [1.165, 1.54) is 0 Å². The minimum absolute atomic E-state index is 0.0650. The first kappa shape index (κ1) is 13.0. The van der Waals surface area contributed by atoms with E-state index in [-0.39, 0.29) is 6.04 Å². The van der Waals surface area contributed by atoms with Crippen LogP contribution in [0.15, 0.2) is 9.98 Å². The Hall–Kier alpha value is -1.06. The van der Waals surface area contributed by atoms with E-state index in [1.54, 1.807) is 0 Å². The Morgan fingerprint density at radius 3 is 2.56 bits per heavy atom. The van der Waals surface area contributed by atoms with Gasteiger partial charge in [-0.25, -0.2) is 9.98 Å². The van der Waals surface area contributed by atoms with Crippen molar-refractivity contribution in [1.29, 1.82) is 0 Å². The van der Waals surface area contributed by atoms with Crippen LogP contribution in [0.5, 0.6) is 0 Å². The lowest BCUT2D eigenvalue weighted by Gasteiger charge is -2.20. The molecule has 0 saturated heterocycles. The SMILES string of the molecule is CCCC[C@H]1N=C(OCC)CN=C1OCC. The van der Waals surface area contributed by atoms with E-state index in [0.29, 0.717) is 19.8 Å². The van der Waals surface area contributed by atoms with Crippen molar-refractivity contribution in [2.75, 3.05) is 19.8 Å². The van der Waals surface area contributed by atoms with Crippen LogP contribution < -0.4 is 0 Å². The van der Waals surface area contributed by atoms with Gasteiger partial charge in [0, 0.05) is 0 Å². The molecule has 4 nitrogen and oxygen atoms in total. The predicted octanol–water partition coefficient (Wildman–Crippen LogP) is 2.43. The van der Waals surface area contributed by atoms with Crippen molar-refractivity contribution >= 4 is 11.8 Å². The van der Waals surface area contributed by atoms with Gasteiger partial charge in [0.1, 0.15) is 12.6 Å². The molecule has 0 spiro atoms. The van der Waals surface area contributed by atoms with E-state index in [4.69, 9.17) is 9.47 Å². The number of hydrogen-bond donors (Lipinski definition) is 0. The molecule has 0 aromatic heterocycles. The number of aliphatic imine (C=N–C) groups is 2. The highest BCUT2D eigenvalue weighted by molar-refractivity contribution is 5.91. The molecule has 0 aromatic carbocycles. The number of hydrogen-bond acceptors (Lipinski definition) is 4. The van der Waals surface area contributed by atoms with Crippen molar-refractivity contribution in [1.82, 2.24) is 0 Å². The summed E-state index contributed by atoms with van der Waals surface area (Å²) in [6, 6.07) is 0.0650. The Labute approximate surface area is 97.8 Å². The summed E-state index contributed by atoms with van der Waals surface area (Å²) in [6.07, 6.45) is 3.29.